The minimum atomic E-state index is -0.503. The number of carbonyl (C=O) groups is 1. The second-order valence-electron chi connectivity index (χ2n) is 4.45. The molecule has 1 heterocycles. The van der Waals surface area contributed by atoms with Crippen LogP contribution in [0.3, 0.4) is 0 Å². The molecule has 0 amide bonds. The van der Waals surface area contributed by atoms with Crippen molar-refractivity contribution in [3.05, 3.63) is 58.2 Å². The molecule has 2 rings (SSSR count). The van der Waals surface area contributed by atoms with Crippen molar-refractivity contribution in [3.63, 3.8) is 0 Å². The number of ketones is 1. The summed E-state index contributed by atoms with van der Waals surface area (Å²) in [6, 6.07) is 5.78. The Morgan fingerprint density at radius 3 is 2.95 bits per heavy atom. The van der Waals surface area contributed by atoms with Gasteiger partial charge in [0.05, 0.1) is 11.5 Å². The van der Waals surface area contributed by atoms with Crippen molar-refractivity contribution in [1.29, 1.82) is 0 Å². The Morgan fingerprint density at radius 1 is 1.45 bits per heavy atom. The number of carbonyl (C=O) groups excluding carboxylic acids is 1. The van der Waals surface area contributed by atoms with Crippen molar-refractivity contribution in [1.82, 2.24) is 9.55 Å². The predicted molar refractivity (Wildman–Crippen MR) is 73.6 cm³/mol. The number of Topliss-reactive ketones (excluding diaryl/α,β-unsaturated/α-hetero) is 1. The van der Waals surface area contributed by atoms with Gasteiger partial charge in [-0.1, -0.05) is 19.1 Å². The molecular weight excluding hydrogens is 258 g/mol. The summed E-state index contributed by atoms with van der Waals surface area (Å²) in [4.78, 5) is 26.6. The van der Waals surface area contributed by atoms with Crippen LogP contribution in [0.4, 0.5) is 5.69 Å². The summed E-state index contributed by atoms with van der Waals surface area (Å²) in [6.07, 6.45) is 5.16. The van der Waals surface area contributed by atoms with Crippen molar-refractivity contribution in [2.75, 3.05) is 0 Å². The quantitative estimate of drug-likeness (QED) is 0.460. The summed E-state index contributed by atoms with van der Waals surface area (Å²) in [5.74, 6) is 0.690. The molecular formula is C14H15N3O3. The van der Waals surface area contributed by atoms with Crippen molar-refractivity contribution >= 4 is 11.5 Å². The lowest BCUT2D eigenvalue weighted by atomic mass is 10.1. The first-order chi connectivity index (χ1) is 9.61. The first-order valence-electron chi connectivity index (χ1n) is 6.39. The van der Waals surface area contributed by atoms with Crippen molar-refractivity contribution in [2.45, 2.75) is 26.3 Å². The molecule has 0 bridgehead atoms. The van der Waals surface area contributed by atoms with Gasteiger partial charge in [0.2, 0.25) is 0 Å². The van der Waals surface area contributed by atoms with E-state index in [1.165, 1.54) is 18.2 Å². The molecule has 0 radical (unpaired) electrons. The highest BCUT2D eigenvalue weighted by atomic mass is 16.6. The van der Waals surface area contributed by atoms with Crippen LogP contribution in [0.15, 0.2) is 36.7 Å². The second-order valence-corrected chi connectivity index (χ2v) is 4.45. The molecule has 0 aliphatic rings. The highest BCUT2D eigenvalue weighted by Gasteiger charge is 2.13. The Morgan fingerprint density at radius 2 is 2.25 bits per heavy atom. The largest absolute Gasteiger partial charge is 0.327 e. The van der Waals surface area contributed by atoms with Crippen molar-refractivity contribution < 1.29 is 9.72 Å². The number of benzene rings is 1. The topological polar surface area (TPSA) is 78.0 Å². The average molecular weight is 273 g/mol. The zero-order valence-corrected chi connectivity index (χ0v) is 11.2. The number of hydrogen-bond acceptors (Lipinski definition) is 4. The molecule has 0 saturated carbocycles. The van der Waals surface area contributed by atoms with Gasteiger partial charge in [-0.05, 0) is 6.42 Å². The molecule has 0 unspecified atom stereocenters. The number of nitrogens with zero attached hydrogens (tertiary/aromatic N) is 3. The maximum absolute atomic E-state index is 12.2. The van der Waals surface area contributed by atoms with Gasteiger partial charge in [0.1, 0.15) is 5.82 Å². The fourth-order valence-corrected chi connectivity index (χ4v) is 1.97. The fraction of sp³-hybridized carbons (Fsp3) is 0.286. The second kappa shape index (κ2) is 6.10. The van der Waals surface area contributed by atoms with E-state index in [-0.39, 0.29) is 18.0 Å². The molecule has 2 aromatic rings. The van der Waals surface area contributed by atoms with Gasteiger partial charge in [0.25, 0.3) is 5.69 Å². The molecule has 0 aliphatic carbocycles. The number of aryl methyl sites for hydroxylation is 1. The number of rotatable bonds is 6. The molecule has 6 nitrogen and oxygen atoms in total. The minimum Gasteiger partial charge on any atom is -0.327 e. The van der Waals surface area contributed by atoms with Gasteiger partial charge in [-0.2, -0.15) is 0 Å². The van der Waals surface area contributed by atoms with Gasteiger partial charge in [-0.25, -0.2) is 4.98 Å². The van der Waals surface area contributed by atoms with Crippen molar-refractivity contribution in [2.24, 2.45) is 0 Å². The number of aromatic nitrogens is 2. The van der Waals surface area contributed by atoms with E-state index in [1.54, 1.807) is 23.0 Å². The van der Waals surface area contributed by atoms with Crippen molar-refractivity contribution in [3.8, 4) is 0 Å². The third kappa shape index (κ3) is 3.09. The molecule has 0 aliphatic heterocycles. The Kier molecular flexibility index (Phi) is 4.24. The zero-order chi connectivity index (χ0) is 14.5. The van der Waals surface area contributed by atoms with Crippen LogP contribution in [0, 0.1) is 10.1 Å². The van der Waals surface area contributed by atoms with Crippen LogP contribution in [-0.2, 0) is 13.0 Å². The normalized spacial score (nSPS) is 10.4. The Labute approximate surface area is 116 Å². The van der Waals surface area contributed by atoms with Crippen LogP contribution in [0.1, 0.15) is 29.5 Å². The van der Waals surface area contributed by atoms with Gasteiger partial charge in [-0.3, -0.25) is 14.9 Å². The Hall–Kier alpha value is -2.50. The Balaban J connectivity index is 2.17. The van der Waals surface area contributed by atoms with E-state index in [0.29, 0.717) is 5.56 Å². The van der Waals surface area contributed by atoms with Gasteiger partial charge in [-0.15, -0.1) is 0 Å². The first kappa shape index (κ1) is 13.9. The smallest absolute Gasteiger partial charge is 0.270 e. The predicted octanol–water partition coefficient (Wildman–Crippen LogP) is 2.63. The van der Waals surface area contributed by atoms with Crippen LogP contribution < -0.4 is 0 Å². The molecule has 1 aromatic heterocycles. The molecule has 0 N–H and O–H groups in total. The highest BCUT2D eigenvalue weighted by Crippen LogP contribution is 2.14. The van der Waals surface area contributed by atoms with E-state index in [9.17, 15) is 14.9 Å². The Bertz CT molecular complexity index is 634. The van der Waals surface area contributed by atoms with E-state index >= 15 is 0 Å². The van der Waals surface area contributed by atoms with Gasteiger partial charge < -0.3 is 4.57 Å². The van der Waals surface area contributed by atoms with E-state index in [1.807, 2.05) is 6.92 Å². The van der Waals surface area contributed by atoms with Gasteiger partial charge in [0.15, 0.2) is 5.78 Å². The summed E-state index contributed by atoms with van der Waals surface area (Å²) >= 11 is 0. The van der Waals surface area contributed by atoms with Crippen LogP contribution in [-0.4, -0.2) is 20.3 Å². The van der Waals surface area contributed by atoms with E-state index < -0.39 is 4.92 Å². The zero-order valence-electron chi connectivity index (χ0n) is 11.2. The first-order valence-corrected chi connectivity index (χ1v) is 6.39. The molecule has 0 saturated heterocycles. The summed E-state index contributed by atoms with van der Waals surface area (Å²) in [5, 5.41) is 10.7. The molecule has 104 valence electrons. The maximum Gasteiger partial charge on any atom is 0.270 e. The molecule has 0 atom stereocenters. The number of nitro benzene ring substituents is 1. The maximum atomic E-state index is 12.2. The molecule has 1 aromatic carbocycles. The van der Waals surface area contributed by atoms with E-state index in [2.05, 4.69) is 4.98 Å². The van der Waals surface area contributed by atoms with E-state index in [0.717, 1.165) is 18.7 Å². The lowest BCUT2D eigenvalue weighted by molar-refractivity contribution is -0.384. The number of nitro groups is 1. The number of imidazole rings is 1. The standard InChI is InChI=1S/C14H15N3O3/c1-2-4-14-15-7-8-16(14)10-13(18)11-5-3-6-12(9-11)17(19)20/h3,5-9H,2,4,10H2,1H3. The molecule has 0 fully saturated rings. The molecule has 0 spiro atoms. The summed E-state index contributed by atoms with van der Waals surface area (Å²) in [6.45, 7) is 2.19. The minimum absolute atomic E-state index is 0.0738. The lowest BCUT2D eigenvalue weighted by Crippen LogP contribution is -2.12. The third-order valence-corrected chi connectivity index (χ3v) is 2.97. The van der Waals surface area contributed by atoms with Crippen LogP contribution in [0.2, 0.25) is 0 Å². The number of hydrogen-bond donors (Lipinski definition) is 0. The van der Waals surface area contributed by atoms with Crippen LogP contribution in [0.25, 0.3) is 0 Å². The summed E-state index contributed by atoms with van der Waals surface area (Å²) in [5.41, 5.74) is 0.269. The number of non-ortho nitro benzene ring substituents is 1. The monoisotopic (exact) mass is 273 g/mol. The van der Waals surface area contributed by atoms with Gasteiger partial charge in [0, 0.05) is 36.5 Å². The molecule has 6 heteroatoms. The SMILES string of the molecule is CCCc1nccn1CC(=O)c1cccc([N+](=O)[O-])c1. The van der Waals surface area contributed by atoms with Crippen LogP contribution >= 0.6 is 0 Å². The third-order valence-electron chi connectivity index (χ3n) is 2.97. The fourth-order valence-electron chi connectivity index (χ4n) is 1.97. The van der Waals surface area contributed by atoms with Crippen LogP contribution in [0.5, 0.6) is 0 Å². The average Bonchev–Trinajstić information content (AvgIpc) is 2.86. The summed E-state index contributed by atoms with van der Waals surface area (Å²) < 4.78 is 1.78. The van der Waals surface area contributed by atoms with Gasteiger partial charge >= 0.3 is 0 Å². The summed E-state index contributed by atoms with van der Waals surface area (Å²) in [7, 11) is 0. The lowest BCUT2D eigenvalue weighted by Gasteiger charge is -2.06. The molecule has 20 heavy (non-hydrogen) atoms. The highest BCUT2D eigenvalue weighted by molar-refractivity contribution is 5.96. The van der Waals surface area contributed by atoms with E-state index in [4.69, 9.17) is 0 Å².